The lowest BCUT2D eigenvalue weighted by Crippen LogP contribution is -1.92. The number of hydrogen-bond donors (Lipinski definition) is 1. The summed E-state index contributed by atoms with van der Waals surface area (Å²) >= 11 is 1.83. The summed E-state index contributed by atoms with van der Waals surface area (Å²) in [5.41, 5.74) is 9.86. The summed E-state index contributed by atoms with van der Waals surface area (Å²) in [6, 6.07) is 7.68. The van der Waals surface area contributed by atoms with Crippen molar-refractivity contribution in [1.82, 2.24) is 19.6 Å². The molecule has 0 amide bonds. The Bertz CT molecular complexity index is 1040. The molecule has 0 radical (unpaired) electrons. The predicted octanol–water partition coefficient (Wildman–Crippen LogP) is 3.86. The van der Waals surface area contributed by atoms with Crippen molar-refractivity contribution >= 4 is 32.9 Å². The molecule has 0 spiro atoms. The maximum absolute atomic E-state index is 5.78. The highest BCUT2D eigenvalue weighted by Crippen LogP contribution is 2.36. The van der Waals surface area contributed by atoms with Crippen molar-refractivity contribution in [2.45, 2.75) is 32.1 Å². The molecule has 6 heteroatoms. The van der Waals surface area contributed by atoms with E-state index in [0.717, 1.165) is 34.0 Å². The van der Waals surface area contributed by atoms with Crippen LogP contribution in [0.5, 0.6) is 0 Å². The van der Waals surface area contributed by atoms with Crippen molar-refractivity contribution in [2.75, 3.05) is 5.73 Å². The second-order valence-corrected chi connectivity index (χ2v) is 7.40. The van der Waals surface area contributed by atoms with Gasteiger partial charge in [-0.3, -0.25) is 0 Å². The van der Waals surface area contributed by atoms with E-state index in [9.17, 15) is 0 Å². The van der Waals surface area contributed by atoms with Crippen LogP contribution >= 0.6 is 11.3 Å². The van der Waals surface area contributed by atoms with E-state index in [1.165, 1.54) is 41.5 Å². The van der Waals surface area contributed by atoms with E-state index in [4.69, 9.17) is 10.7 Å². The molecule has 0 saturated heterocycles. The molecule has 0 saturated carbocycles. The molecule has 1 aliphatic carbocycles. The van der Waals surface area contributed by atoms with Crippen molar-refractivity contribution < 1.29 is 0 Å². The molecule has 0 aliphatic heterocycles. The van der Waals surface area contributed by atoms with Gasteiger partial charge in [-0.2, -0.15) is 0 Å². The zero-order valence-corrected chi connectivity index (χ0v) is 14.0. The normalized spacial score (nSPS) is 14.8. The monoisotopic (exact) mass is 335 g/mol. The number of thiophene rings is 1. The Balaban J connectivity index is 1.75. The highest BCUT2D eigenvalue weighted by molar-refractivity contribution is 7.19. The van der Waals surface area contributed by atoms with Crippen molar-refractivity contribution in [3.8, 4) is 11.4 Å². The molecule has 0 unspecified atom stereocenters. The number of nitrogens with zero attached hydrogens (tertiary/aromatic N) is 4. The summed E-state index contributed by atoms with van der Waals surface area (Å²) in [5, 5.41) is 5.82. The Kier molecular flexibility index (Phi) is 3.06. The van der Waals surface area contributed by atoms with Gasteiger partial charge in [0.15, 0.2) is 11.5 Å². The lowest BCUT2D eigenvalue weighted by atomic mass is 10.1. The Hall–Kier alpha value is -2.47. The number of fused-ring (bicyclic) bond motifs is 5. The van der Waals surface area contributed by atoms with E-state index < -0.39 is 0 Å². The number of nitrogens with two attached hydrogens (primary N) is 1. The average molecular weight is 335 g/mol. The van der Waals surface area contributed by atoms with Gasteiger partial charge in [0, 0.05) is 16.1 Å². The van der Waals surface area contributed by atoms with Crippen LogP contribution < -0.4 is 5.73 Å². The Morgan fingerprint density at radius 3 is 2.75 bits per heavy atom. The number of benzene rings is 1. The maximum Gasteiger partial charge on any atom is 0.182 e. The first-order chi connectivity index (χ1) is 11.8. The number of rotatable bonds is 1. The minimum Gasteiger partial charge on any atom is -0.399 e. The number of nitrogen functional groups attached to an aromatic ring is 1. The van der Waals surface area contributed by atoms with Crippen LogP contribution in [-0.4, -0.2) is 19.6 Å². The van der Waals surface area contributed by atoms with Crippen LogP contribution in [-0.2, 0) is 12.8 Å². The number of hydrogen-bond acceptors (Lipinski definition) is 5. The second-order valence-electron chi connectivity index (χ2n) is 6.31. The molecule has 3 heterocycles. The Morgan fingerprint density at radius 2 is 1.88 bits per heavy atom. The maximum atomic E-state index is 5.78. The molecule has 0 bridgehead atoms. The summed E-state index contributed by atoms with van der Waals surface area (Å²) in [6.07, 6.45) is 7.91. The SMILES string of the molecule is Nc1ccc(-c2nc3c4c5c(sc4ncn3n2)CCCCC5)cc1. The smallest absolute Gasteiger partial charge is 0.182 e. The van der Waals surface area contributed by atoms with Gasteiger partial charge in [-0.15, -0.1) is 16.4 Å². The predicted molar refractivity (Wildman–Crippen MR) is 97.3 cm³/mol. The number of aryl methyl sites for hydroxylation is 2. The third kappa shape index (κ3) is 2.10. The van der Waals surface area contributed by atoms with Crippen molar-refractivity contribution in [3.63, 3.8) is 0 Å². The molecule has 1 aliphatic rings. The molecule has 120 valence electrons. The number of aromatic nitrogens is 4. The fraction of sp³-hybridized carbons (Fsp3) is 0.278. The third-order valence-electron chi connectivity index (χ3n) is 4.71. The molecule has 0 fully saturated rings. The van der Waals surface area contributed by atoms with Crippen molar-refractivity contribution in [3.05, 3.63) is 41.0 Å². The first-order valence-electron chi connectivity index (χ1n) is 8.31. The molecule has 5 nitrogen and oxygen atoms in total. The molecular formula is C18H17N5S. The minimum atomic E-state index is 0.720. The van der Waals surface area contributed by atoms with Crippen LogP contribution in [0.4, 0.5) is 5.69 Å². The topological polar surface area (TPSA) is 69.1 Å². The summed E-state index contributed by atoms with van der Waals surface area (Å²) in [4.78, 5) is 12.0. The molecule has 2 N–H and O–H groups in total. The van der Waals surface area contributed by atoms with Gasteiger partial charge in [-0.05, 0) is 55.5 Å². The van der Waals surface area contributed by atoms with Gasteiger partial charge in [0.1, 0.15) is 11.2 Å². The first-order valence-corrected chi connectivity index (χ1v) is 9.13. The van der Waals surface area contributed by atoms with E-state index in [2.05, 4.69) is 10.1 Å². The fourth-order valence-corrected chi connectivity index (χ4v) is 4.71. The fourth-order valence-electron chi connectivity index (χ4n) is 3.49. The second kappa shape index (κ2) is 5.27. The van der Waals surface area contributed by atoms with Crippen LogP contribution in [0.1, 0.15) is 29.7 Å². The van der Waals surface area contributed by atoms with E-state index in [-0.39, 0.29) is 0 Å². The van der Waals surface area contributed by atoms with Crippen molar-refractivity contribution in [2.24, 2.45) is 0 Å². The minimum absolute atomic E-state index is 0.720. The van der Waals surface area contributed by atoms with E-state index in [0.29, 0.717) is 0 Å². The van der Waals surface area contributed by atoms with Gasteiger partial charge in [-0.1, -0.05) is 6.42 Å². The van der Waals surface area contributed by atoms with Gasteiger partial charge in [0.25, 0.3) is 0 Å². The van der Waals surface area contributed by atoms with Crippen LogP contribution in [0.3, 0.4) is 0 Å². The highest BCUT2D eigenvalue weighted by atomic mass is 32.1. The molecule has 24 heavy (non-hydrogen) atoms. The van der Waals surface area contributed by atoms with Gasteiger partial charge in [-0.25, -0.2) is 14.5 Å². The quantitative estimate of drug-likeness (QED) is 0.424. The van der Waals surface area contributed by atoms with Gasteiger partial charge in [0.05, 0.1) is 5.39 Å². The summed E-state index contributed by atoms with van der Waals surface area (Å²) in [7, 11) is 0. The van der Waals surface area contributed by atoms with E-state index >= 15 is 0 Å². The standard InChI is InChI=1S/C18H17N5S/c19-12-8-6-11(7-9-12)16-21-17-15-13-4-2-1-3-5-14(13)24-18(15)20-10-23(17)22-16/h6-10H,1-5,19H2. The van der Waals surface area contributed by atoms with Crippen LogP contribution in [0.2, 0.25) is 0 Å². The zero-order valence-electron chi connectivity index (χ0n) is 13.2. The van der Waals surface area contributed by atoms with Gasteiger partial charge < -0.3 is 5.73 Å². The lowest BCUT2D eigenvalue weighted by molar-refractivity contribution is 0.713. The van der Waals surface area contributed by atoms with Crippen molar-refractivity contribution in [1.29, 1.82) is 0 Å². The number of anilines is 1. The van der Waals surface area contributed by atoms with Gasteiger partial charge >= 0.3 is 0 Å². The summed E-state index contributed by atoms with van der Waals surface area (Å²) < 4.78 is 1.81. The third-order valence-corrected chi connectivity index (χ3v) is 5.91. The van der Waals surface area contributed by atoms with Crippen LogP contribution in [0, 0.1) is 0 Å². The van der Waals surface area contributed by atoms with Gasteiger partial charge in [0.2, 0.25) is 0 Å². The molecule has 4 aromatic rings. The molecule has 5 rings (SSSR count). The first kappa shape index (κ1) is 13.9. The van der Waals surface area contributed by atoms with Crippen LogP contribution in [0.15, 0.2) is 30.6 Å². The lowest BCUT2D eigenvalue weighted by Gasteiger charge is -1.98. The highest BCUT2D eigenvalue weighted by Gasteiger charge is 2.20. The summed E-state index contributed by atoms with van der Waals surface area (Å²) in [6.45, 7) is 0. The Morgan fingerprint density at radius 1 is 1.04 bits per heavy atom. The summed E-state index contributed by atoms with van der Waals surface area (Å²) in [5.74, 6) is 0.720. The van der Waals surface area contributed by atoms with Crippen LogP contribution in [0.25, 0.3) is 27.3 Å². The average Bonchev–Trinajstić information content (AvgIpc) is 3.09. The molecule has 1 aromatic carbocycles. The molecule has 3 aromatic heterocycles. The molecular weight excluding hydrogens is 318 g/mol. The van der Waals surface area contributed by atoms with E-state index in [1.54, 1.807) is 6.33 Å². The van der Waals surface area contributed by atoms with E-state index in [1.807, 2.05) is 40.1 Å². The largest absolute Gasteiger partial charge is 0.399 e. The molecule has 0 atom stereocenters. The Labute approximate surface area is 143 Å². The zero-order chi connectivity index (χ0) is 16.1.